The normalized spacial score (nSPS) is 12.6. The first-order valence-corrected chi connectivity index (χ1v) is 5.65. The number of hydrogen-bond acceptors (Lipinski definition) is 2. The molecule has 1 unspecified atom stereocenters. The van der Waals surface area contributed by atoms with E-state index in [1.807, 2.05) is 46.1 Å². The van der Waals surface area contributed by atoms with E-state index in [0.29, 0.717) is 6.54 Å². The minimum absolute atomic E-state index is 0.211. The number of imidazole rings is 1. The Labute approximate surface area is 100 Å². The molecule has 0 radical (unpaired) electrons. The van der Waals surface area contributed by atoms with Crippen LogP contribution in [0.2, 0.25) is 0 Å². The molecular weight excluding hydrogens is 216 g/mol. The van der Waals surface area contributed by atoms with Gasteiger partial charge in [-0.2, -0.15) is 0 Å². The summed E-state index contributed by atoms with van der Waals surface area (Å²) in [5.41, 5.74) is 1.23. The van der Waals surface area contributed by atoms with Crippen LogP contribution in [0.1, 0.15) is 5.56 Å². The van der Waals surface area contributed by atoms with Gasteiger partial charge in [-0.25, -0.2) is 9.13 Å². The summed E-state index contributed by atoms with van der Waals surface area (Å²) in [4.78, 5) is 0. The summed E-state index contributed by atoms with van der Waals surface area (Å²) >= 11 is 0. The van der Waals surface area contributed by atoms with Crippen LogP contribution in [0.25, 0.3) is 0 Å². The number of aliphatic hydroxyl groups is 2. The highest BCUT2D eigenvalue weighted by Crippen LogP contribution is 1.98. The zero-order valence-electron chi connectivity index (χ0n) is 9.61. The molecule has 0 bridgehead atoms. The SMILES string of the molecule is OCC(O)Cn1cc[n+](Cc2ccccc2)c1. The molecule has 0 amide bonds. The summed E-state index contributed by atoms with van der Waals surface area (Å²) in [6, 6.07) is 10.2. The Hall–Kier alpha value is -1.65. The molecule has 0 saturated heterocycles. The van der Waals surface area contributed by atoms with Crippen molar-refractivity contribution in [1.82, 2.24) is 4.57 Å². The molecular formula is C13H17N2O2+. The fourth-order valence-electron chi connectivity index (χ4n) is 1.74. The Bertz CT molecular complexity index is 453. The second-order valence-corrected chi connectivity index (χ2v) is 4.10. The largest absolute Gasteiger partial charge is 0.394 e. The van der Waals surface area contributed by atoms with Crippen molar-refractivity contribution < 1.29 is 14.8 Å². The van der Waals surface area contributed by atoms with E-state index in [-0.39, 0.29) is 6.61 Å². The van der Waals surface area contributed by atoms with Crippen molar-refractivity contribution in [2.24, 2.45) is 0 Å². The highest BCUT2D eigenvalue weighted by atomic mass is 16.3. The third-order valence-electron chi connectivity index (χ3n) is 2.59. The molecule has 1 heterocycles. The van der Waals surface area contributed by atoms with E-state index in [2.05, 4.69) is 12.1 Å². The van der Waals surface area contributed by atoms with Gasteiger partial charge in [-0.15, -0.1) is 0 Å². The maximum absolute atomic E-state index is 9.33. The van der Waals surface area contributed by atoms with Crippen LogP contribution in [0.4, 0.5) is 0 Å². The molecule has 4 nitrogen and oxygen atoms in total. The molecule has 0 aliphatic heterocycles. The molecule has 1 atom stereocenters. The second kappa shape index (κ2) is 5.61. The number of hydrogen-bond donors (Lipinski definition) is 2. The predicted molar refractivity (Wildman–Crippen MR) is 63.3 cm³/mol. The Morgan fingerprint density at radius 2 is 2.00 bits per heavy atom. The van der Waals surface area contributed by atoms with E-state index in [1.54, 1.807) is 0 Å². The smallest absolute Gasteiger partial charge is 0.244 e. The van der Waals surface area contributed by atoms with E-state index in [1.165, 1.54) is 5.56 Å². The minimum Gasteiger partial charge on any atom is -0.394 e. The summed E-state index contributed by atoms with van der Waals surface area (Å²) in [6.07, 6.45) is 5.07. The predicted octanol–water partition coefficient (Wildman–Crippen LogP) is 0.177. The summed E-state index contributed by atoms with van der Waals surface area (Å²) in [5, 5.41) is 18.1. The van der Waals surface area contributed by atoms with Gasteiger partial charge in [0.05, 0.1) is 6.61 Å². The van der Waals surface area contributed by atoms with Crippen molar-refractivity contribution in [1.29, 1.82) is 0 Å². The maximum Gasteiger partial charge on any atom is 0.244 e. The van der Waals surface area contributed by atoms with E-state index >= 15 is 0 Å². The number of benzene rings is 1. The van der Waals surface area contributed by atoms with E-state index in [4.69, 9.17) is 5.11 Å². The molecule has 0 saturated carbocycles. The van der Waals surface area contributed by atoms with Crippen LogP contribution >= 0.6 is 0 Å². The fourth-order valence-corrected chi connectivity index (χ4v) is 1.74. The van der Waals surface area contributed by atoms with Gasteiger partial charge in [-0.1, -0.05) is 30.3 Å². The van der Waals surface area contributed by atoms with Crippen LogP contribution in [0, 0.1) is 0 Å². The van der Waals surface area contributed by atoms with Crippen LogP contribution < -0.4 is 4.57 Å². The third-order valence-corrected chi connectivity index (χ3v) is 2.59. The lowest BCUT2D eigenvalue weighted by Crippen LogP contribution is -2.32. The Morgan fingerprint density at radius 3 is 2.71 bits per heavy atom. The maximum atomic E-state index is 9.33. The van der Waals surface area contributed by atoms with Crippen LogP contribution in [0.15, 0.2) is 49.1 Å². The van der Waals surface area contributed by atoms with Gasteiger partial charge >= 0.3 is 0 Å². The topological polar surface area (TPSA) is 49.3 Å². The van der Waals surface area contributed by atoms with Crippen molar-refractivity contribution in [3.63, 3.8) is 0 Å². The van der Waals surface area contributed by atoms with Crippen molar-refractivity contribution >= 4 is 0 Å². The summed E-state index contributed by atoms with van der Waals surface area (Å²) in [5.74, 6) is 0. The van der Waals surface area contributed by atoms with Crippen molar-refractivity contribution in [3.05, 3.63) is 54.6 Å². The van der Waals surface area contributed by atoms with Crippen molar-refractivity contribution in [3.8, 4) is 0 Å². The average Bonchev–Trinajstić information content (AvgIpc) is 2.77. The standard InChI is InChI=1S/C13H17N2O2/c16-10-13(17)9-15-7-6-14(11-15)8-12-4-2-1-3-5-12/h1-7,11,13,16-17H,8-10H2/q+1. The quantitative estimate of drug-likeness (QED) is 0.724. The fraction of sp³-hybridized carbons (Fsp3) is 0.308. The summed E-state index contributed by atoms with van der Waals surface area (Å²) in [7, 11) is 0. The lowest BCUT2D eigenvalue weighted by atomic mass is 10.2. The average molecular weight is 233 g/mol. The molecule has 0 aliphatic carbocycles. The van der Waals surface area contributed by atoms with Gasteiger partial charge in [-0.3, -0.25) is 0 Å². The van der Waals surface area contributed by atoms with Crippen molar-refractivity contribution in [2.75, 3.05) is 6.61 Å². The van der Waals surface area contributed by atoms with Crippen LogP contribution in [0.3, 0.4) is 0 Å². The van der Waals surface area contributed by atoms with Crippen LogP contribution in [0.5, 0.6) is 0 Å². The monoisotopic (exact) mass is 233 g/mol. The Morgan fingerprint density at radius 1 is 1.24 bits per heavy atom. The molecule has 1 aromatic carbocycles. The third kappa shape index (κ3) is 3.41. The molecule has 2 N–H and O–H groups in total. The first kappa shape index (κ1) is 11.8. The van der Waals surface area contributed by atoms with E-state index in [0.717, 1.165) is 6.54 Å². The van der Waals surface area contributed by atoms with Crippen molar-refractivity contribution in [2.45, 2.75) is 19.2 Å². The highest BCUT2D eigenvalue weighted by Gasteiger charge is 2.09. The lowest BCUT2D eigenvalue weighted by Gasteiger charge is -2.02. The van der Waals surface area contributed by atoms with Gasteiger partial charge in [0.2, 0.25) is 6.33 Å². The van der Waals surface area contributed by atoms with Crippen LogP contribution in [-0.2, 0) is 13.1 Å². The Kier molecular flexibility index (Phi) is 3.90. The number of nitrogens with zero attached hydrogens (tertiary/aromatic N) is 2. The molecule has 0 fully saturated rings. The first-order chi connectivity index (χ1) is 8.28. The molecule has 0 spiro atoms. The van der Waals surface area contributed by atoms with Crippen LogP contribution in [-0.4, -0.2) is 27.5 Å². The number of rotatable bonds is 5. The Balaban J connectivity index is 1.99. The first-order valence-electron chi connectivity index (χ1n) is 5.65. The zero-order valence-corrected chi connectivity index (χ0v) is 9.61. The van der Waals surface area contributed by atoms with Gasteiger partial charge in [0.25, 0.3) is 0 Å². The minimum atomic E-state index is -0.701. The zero-order chi connectivity index (χ0) is 12.1. The second-order valence-electron chi connectivity index (χ2n) is 4.10. The van der Waals surface area contributed by atoms with Gasteiger partial charge < -0.3 is 10.2 Å². The molecule has 2 rings (SSSR count). The van der Waals surface area contributed by atoms with E-state index < -0.39 is 6.10 Å². The summed E-state index contributed by atoms with van der Waals surface area (Å²) in [6.45, 7) is 1.01. The molecule has 0 aliphatic rings. The lowest BCUT2D eigenvalue weighted by molar-refractivity contribution is -0.687. The van der Waals surface area contributed by atoms with Gasteiger partial charge in [0.1, 0.15) is 31.6 Å². The molecule has 17 heavy (non-hydrogen) atoms. The number of aliphatic hydroxyl groups excluding tert-OH is 2. The molecule has 90 valence electrons. The van der Waals surface area contributed by atoms with E-state index in [9.17, 15) is 5.11 Å². The molecule has 4 heteroatoms. The van der Waals surface area contributed by atoms with Gasteiger partial charge in [0, 0.05) is 0 Å². The molecule has 1 aromatic heterocycles. The molecule has 2 aromatic rings. The summed E-state index contributed by atoms with van der Waals surface area (Å²) < 4.78 is 3.91. The van der Waals surface area contributed by atoms with Gasteiger partial charge in [-0.05, 0) is 5.56 Å². The van der Waals surface area contributed by atoms with Gasteiger partial charge in [0.15, 0.2) is 0 Å². The number of aromatic nitrogens is 2. The highest BCUT2D eigenvalue weighted by molar-refractivity contribution is 5.13.